The summed E-state index contributed by atoms with van der Waals surface area (Å²) in [5.74, 6) is -0.223. The molecule has 1 aromatic heterocycles. The number of carbonyl (C=O) groups is 1. The van der Waals surface area contributed by atoms with Gasteiger partial charge in [-0.1, -0.05) is 6.92 Å². The van der Waals surface area contributed by atoms with E-state index in [2.05, 4.69) is 17.0 Å². The molecular weight excluding hydrogens is 316 g/mol. The van der Waals surface area contributed by atoms with E-state index >= 15 is 0 Å². The standard InChI is InChI=1S/C15H26N4O3S/c1-15(5-7-16-8-6-15)11-17-23(21,22)12-9-13(19(4)10-12)14(20)18(2)3/h9-10,16-17H,5-8,11H2,1-4H3. The van der Waals surface area contributed by atoms with E-state index in [1.807, 2.05) is 0 Å². The SMILES string of the molecule is CN(C)C(=O)c1cc(S(=O)(=O)NCC2(C)CCNCC2)cn1C. The van der Waals surface area contributed by atoms with Crippen molar-refractivity contribution in [2.45, 2.75) is 24.7 Å². The Balaban J connectivity index is 2.13. The highest BCUT2D eigenvalue weighted by atomic mass is 32.2. The zero-order valence-electron chi connectivity index (χ0n) is 14.2. The summed E-state index contributed by atoms with van der Waals surface area (Å²) < 4.78 is 29.3. The van der Waals surface area contributed by atoms with Gasteiger partial charge in [0.05, 0.1) is 0 Å². The van der Waals surface area contributed by atoms with Crippen molar-refractivity contribution in [1.82, 2.24) is 19.5 Å². The van der Waals surface area contributed by atoms with Crippen molar-refractivity contribution in [3.8, 4) is 0 Å². The van der Waals surface area contributed by atoms with Crippen LogP contribution in [0.4, 0.5) is 0 Å². The van der Waals surface area contributed by atoms with E-state index in [0.717, 1.165) is 25.9 Å². The third-order valence-electron chi connectivity index (χ3n) is 4.42. The Morgan fingerprint density at radius 1 is 1.39 bits per heavy atom. The molecule has 1 aromatic rings. The Bertz CT molecular complexity index is 673. The lowest BCUT2D eigenvalue weighted by atomic mass is 9.81. The average Bonchev–Trinajstić information content (AvgIpc) is 2.88. The lowest BCUT2D eigenvalue weighted by Crippen LogP contribution is -2.42. The van der Waals surface area contributed by atoms with Crippen LogP contribution in [-0.2, 0) is 17.1 Å². The molecule has 1 fully saturated rings. The number of hydrogen-bond acceptors (Lipinski definition) is 4. The Morgan fingerprint density at radius 2 is 2.00 bits per heavy atom. The summed E-state index contributed by atoms with van der Waals surface area (Å²) in [6.07, 6.45) is 3.35. The van der Waals surface area contributed by atoms with Crippen molar-refractivity contribution < 1.29 is 13.2 Å². The summed E-state index contributed by atoms with van der Waals surface area (Å²) in [5, 5.41) is 3.28. The second-order valence-electron chi connectivity index (χ2n) is 6.76. The van der Waals surface area contributed by atoms with Crippen molar-refractivity contribution in [2.24, 2.45) is 12.5 Å². The van der Waals surface area contributed by atoms with Crippen LogP contribution >= 0.6 is 0 Å². The van der Waals surface area contributed by atoms with Gasteiger partial charge < -0.3 is 14.8 Å². The van der Waals surface area contributed by atoms with Crippen molar-refractivity contribution in [3.05, 3.63) is 18.0 Å². The predicted molar refractivity (Wildman–Crippen MR) is 88.8 cm³/mol. The van der Waals surface area contributed by atoms with Crippen LogP contribution in [0.3, 0.4) is 0 Å². The highest BCUT2D eigenvalue weighted by molar-refractivity contribution is 7.89. The molecule has 0 radical (unpaired) electrons. The molecule has 1 amide bonds. The summed E-state index contributed by atoms with van der Waals surface area (Å²) in [5.41, 5.74) is 0.318. The number of amides is 1. The van der Waals surface area contributed by atoms with Crippen LogP contribution in [0.25, 0.3) is 0 Å². The molecule has 8 heteroatoms. The van der Waals surface area contributed by atoms with Crippen LogP contribution in [0.15, 0.2) is 17.2 Å². The van der Waals surface area contributed by atoms with Gasteiger partial charge in [0.15, 0.2) is 0 Å². The number of nitrogens with one attached hydrogen (secondary N) is 2. The van der Waals surface area contributed by atoms with Crippen molar-refractivity contribution in [2.75, 3.05) is 33.7 Å². The number of piperidine rings is 1. The molecule has 7 nitrogen and oxygen atoms in total. The van der Waals surface area contributed by atoms with Gasteiger partial charge in [0, 0.05) is 33.9 Å². The highest BCUT2D eigenvalue weighted by Gasteiger charge is 2.29. The van der Waals surface area contributed by atoms with E-state index in [0.29, 0.717) is 12.2 Å². The summed E-state index contributed by atoms with van der Waals surface area (Å²) in [4.78, 5) is 13.6. The number of nitrogens with zero attached hydrogens (tertiary/aromatic N) is 2. The minimum atomic E-state index is -3.62. The van der Waals surface area contributed by atoms with Crippen LogP contribution in [0, 0.1) is 5.41 Å². The molecule has 1 aliphatic rings. The third-order valence-corrected chi connectivity index (χ3v) is 5.78. The zero-order valence-corrected chi connectivity index (χ0v) is 15.0. The molecule has 2 N–H and O–H groups in total. The second kappa shape index (κ2) is 6.62. The molecular formula is C15H26N4O3S. The van der Waals surface area contributed by atoms with E-state index in [9.17, 15) is 13.2 Å². The Labute approximate surface area is 138 Å². The number of rotatable bonds is 5. The van der Waals surface area contributed by atoms with E-state index in [1.165, 1.54) is 17.2 Å². The van der Waals surface area contributed by atoms with Gasteiger partial charge in [-0.25, -0.2) is 13.1 Å². The second-order valence-corrected chi connectivity index (χ2v) is 8.52. The van der Waals surface area contributed by atoms with Gasteiger partial charge in [-0.05, 0) is 37.4 Å². The lowest BCUT2D eigenvalue weighted by molar-refractivity contribution is 0.0818. The Hall–Kier alpha value is -1.38. The van der Waals surface area contributed by atoms with Gasteiger partial charge in [0.25, 0.3) is 5.91 Å². The molecule has 1 aliphatic heterocycles. The van der Waals surface area contributed by atoms with Crippen molar-refractivity contribution in [3.63, 3.8) is 0 Å². The number of aromatic nitrogens is 1. The largest absolute Gasteiger partial charge is 0.345 e. The predicted octanol–water partition coefficient (Wildman–Crippen LogP) is 0.395. The van der Waals surface area contributed by atoms with Crippen molar-refractivity contribution in [1.29, 1.82) is 0 Å². The van der Waals surface area contributed by atoms with Gasteiger partial charge in [-0.2, -0.15) is 0 Å². The number of carbonyl (C=O) groups excluding carboxylic acids is 1. The van der Waals surface area contributed by atoms with E-state index in [-0.39, 0.29) is 16.2 Å². The Kier molecular flexibility index (Phi) is 5.17. The van der Waals surface area contributed by atoms with E-state index in [4.69, 9.17) is 0 Å². The maximum absolute atomic E-state index is 12.5. The first-order chi connectivity index (χ1) is 10.6. The van der Waals surface area contributed by atoms with Crippen molar-refractivity contribution >= 4 is 15.9 Å². The van der Waals surface area contributed by atoms with Gasteiger partial charge in [-0.3, -0.25) is 4.79 Å². The molecule has 1 saturated heterocycles. The van der Waals surface area contributed by atoms with Gasteiger partial charge in [0.2, 0.25) is 10.0 Å². The molecule has 0 bridgehead atoms. The maximum atomic E-state index is 12.5. The fraction of sp³-hybridized carbons (Fsp3) is 0.667. The van der Waals surface area contributed by atoms with Gasteiger partial charge in [-0.15, -0.1) is 0 Å². The van der Waals surface area contributed by atoms with Crippen LogP contribution in [0.2, 0.25) is 0 Å². The molecule has 0 unspecified atom stereocenters. The molecule has 0 saturated carbocycles. The summed E-state index contributed by atoms with van der Waals surface area (Å²) in [6, 6.07) is 1.43. The smallest absolute Gasteiger partial charge is 0.269 e. The summed E-state index contributed by atoms with van der Waals surface area (Å²) in [7, 11) is 1.33. The normalized spacial score (nSPS) is 17.9. The molecule has 0 spiro atoms. The fourth-order valence-corrected chi connectivity index (χ4v) is 3.95. The van der Waals surface area contributed by atoms with Gasteiger partial charge >= 0.3 is 0 Å². The quantitative estimate of drug-likeness (QED) is 0.811. The molecule has 0 aromatic carbocycles. The average molecular weight is 342 g/mol. The number of sulfonamides is 1. The zero-order chi connectivity index (χ0) is 17.3. The minimum Gasteiger partial charge on any atom is -0.345 e. The molecule has 23 heavy (non-hydrogen) atoms. The first-order valence-electron chi connectivity index (χ1n) is 7.73. The van der Waals surface area contributed by atoms with E-state index in [1.54, 1.807) is 25.7 Å². The lowest BCUT2D eigenvalue weighted by Gasteiger charge is -2.33. The first-order valence-corrected chi connectivity index (χ1v) is 9.21. The maximum Gasteiger partial charge on any atom is 0.269 e. The molecule has 2 heterocycles. The third kappa shape index (κ3) is 4.13. The summed E-state index contributed by atoms with van der Waals surface area (Å²) in [6.45, 7) is 4.32. The Morgan fingerprint density at radius 3 is 2.57 bits per heavy atom. The van der Waals surface area contributed by atoms with Crippen LogP contribution in [0.1, 0.15) is 30.3 Å². The topological polar surface area (TPSA) is 83.4 Å². The van der Waals surface area contributed by atoms with E-state index < -0.39 is 10.0 Å². The monoisotopic (exact) mass is 342 g/mol. The van der Waals surface area contributed by atoms with Crippen LogP contribution in [-0.4, -0.2) is 57.5 Å². The number of hydrogen-bond donors (Lipinski definition) is 2. The van der Waals surface area contributed by atoms with Crippen LogP contribution in [0.5, 0.6) is 0 Å². The molecule has 130 valence electrons. The van der Waals surface area contributed by atoms with Crippen LogP contribution < -0.4 is 10.0 Å². The summed E-state index contributed by atoms with van der Waals surface area (Å²) >= 11 is 0. The minimum absolute atomic E-state index is 0.0324. The molecule has 0 atom stereocenters. The molecule has 2 rings (SSSR count). The fourth-order valence-electron chi connectivity index (χ4n) is 2.68. The van der Waals surface area contributed by atoms with Gasteiger partial charge in [0.1, 0.15) is 10.6 Å². The number of aryl methyl sites for hydroxylation is 1. The molecule has 0 aliphatic carbocycles. The first kappa shape index (κ1) is 18.0. The highest BCUT2D eigenvalue weighted by Crippen LogP contribution is 2.27.